The summed E-state index contributed by atoms with van der Waals surface area (Å²) in [7, 11) is -3.92. The standard InChI is InChI=1S/C21H26N4O5S/c1-15-7-4-5-10-20(15)22-21(26)14-23-12-16(2)24(17(3)13-23)31(29,30)19-9-6-8-18(11-19)25(27)28/h4-11,16-17H,12-14H2,1-3H3,(H,22,26). The molecule has 9 nitrogen and oxygen atoms in total. The van der Waals surface area contributed by atoms with Gasteiger partial charge in [-0.25, -0.2) is 8.42 Å². The van der Waals surface area contributed by atoms with Crippen molar-refractivity contribution in [2.75, 3.05) is 25.0 Å². The van der Waals surface area contributed by atoms with Crippen LogP contribution in [-0.4, -0.2) is 60.2 Å². The molecule has 1 N–H and O–H groups in total. The van der Waals surface area contributed by atoms with Crippen molar-refractivity contribution in [2.24, 2.45) is 0 Å². The molecule has 0 bridgehead atoms. The molecule has 3 rings (SSSR count). The van der Waals surface area contributed by atoms with Gasteiger partial charge in [-0.2, -0.15) is 4.31 Å². The van der Waals surface area contributed by atoms with Gasteiger partial charge in [0.15, 0.2) is 0 Å². The molecule has 0 aliphatic carbocycles. The number of hydrogen-bond acceptors (Lipinski definition) is 6. The zero-order chi connectivity index (χ0) is 22.8. The lowest BCUT2D eigenvalue weighted by molar-refractivity contribution is -0.385. The molecular weight excluding hydrogens is 420 g/mol. The van der Waals surface area contributed by atoms with E-state index in [4.69, 9.17) is 0 Å². The number of nitro benzene ring substituents is 1. The third-order valence-corrected chi connectivity index (χ3v) is 7.43. The van der Waals surface area contributed by atoms with Gasteiger partial charge in [0.05, 0.1) is 16.4 Å². The van der Waals surface area contributed by atoms with Crippen molar-refractivity contribution in [1.82, 2.24) is 9.21 Å². The Morgan fingerprint density at radius 2 is 1.77 bits per heavy atom. The van der Waals surface area contributed by atoms with Gasteiger partial charge in [0.1, 0.15) is 0 Å². The molecule has 1 saturated heterocycles. The lowest BCUT2D eigenvalue weighted by Crippen LogP contribution is -2.59. The fourth-order valence-corrected chi connectivity index (χ4v) is 5.85. The van der Waals surface area contributed by atoms with Crippen molar-refractivity contribution < 1.29 is 18.1 Å². The molecule has 10 heteroatoms. The van der Waals surface area contributed by atoms with Gasteiger partial charge in [-0.15, -0.1) is 0 Å². The maximum Gasteiger partial charge on any atom is 0.270 e. The summed E-state index contributed by atoms with van der Waals surface area (Å²) < 4.78 is 27.8. The number of amides is 1. The van der Waals surface area contributed by atoms with Crippen LogP contribution in [0, 0.1) is 17.0 Å². The summed E-state index contributed by atoms with van der Waals surface area (Å²) in [6, 6.07) is 11.8. The van der Waals surface area contributed by atoms with E-state index in [9.17, 15) is 23.3 Å². The molecule has 1 fully saturated rings. The van der Waals surface area contributed by atoms with Gasteiger partial charge in [-0.3, -0.25) is 19.8 Å². The quantitative estimate of drug-likeness (QED) is 0.539. The summed E-state index contributed by atoms with van der Waals surface area (Å²) in [5.41, 5.74) is 1.44. The monoisotopic (exact) mass is 446 g/mol. The van der Waals surface area contributed by atoms with Crippen molar-refractivity contribution in [1.29, 1.82) is 0 Å². The Bertz CT molecular complexity index is 1080. The number of benzene rings is 2. The Morgan fingerprint density at radius 3 is 2.39 bits per heavy atom. The third-order valence-electron chi connectivity index (χ3n) is 5.30. The summed E-state index contributed by atoms with van der Waals surface area (Å²) in [6.07, 6.45) is 0. The lowest BCUT2D eigenvalue weighted by atomic mass is 10.1. The van der Waals surface area contributed by atoms with E-state index in [0.717, 1.165) is 17.3 Å². The molecule has 2 unspecified atom stereocenters. The van der Waals surface area contributed by atoms with E-state index in [1.165, 1.54) is 22.5 Å². The van der Waals surface area contributed by atoms with Crippen molar-refractivity contribution in [3.63, 3.8) is 0 Å². The van der Waals surface area contributed by atoms with Gasteiger partial charge in [0, 0.05) is 43.0 Å². The fourth-order valence-electron chi connectivity index (χ4n) is 4.01. The number of rotatable bonds is 6. The molecule has 31 heavy (non-hydrogen) atoms. The number of sulfonamides is 1. The van der Waals surface area contributed by atoms with Crippen LogP contribution in [0.5, 0.6) is 0 Å². The van der Waals surface area contributed by atoms with Gasteiger partial charge < -0.3 is 5.32 Å². The van der Waals surface area contributed by atoms with E-state index < -0.39 is 27.0 Å². The smallest absolute Gasteiger partial charge is 0.270 e. The summed E-state index contributed by atoms with van der Waals surface area (Å²) in [6.45, 7) is 6.36. The van der Waals surface area contributed by atoms with E-state index in [-0.39, 0.29) is 23.0 Å². The van der Waals surface area contributed by atoms with E-state index in [1.54, 1.807) is 13.8 Å². The number of nitrogens with zero attached hydrogens (tertiary/aromatic N) is 3. The highest BCUT2D eigenvalue weighted by Crippen LogP contribution is 2.27. The summed E-state index contributed by atoms with van der Waals surface area (Å²) >= 11 is 0. The highest BCUT2D eigenvalue weighted by Gasteiger charge is 2.39. The summed E-state index contributed by atoms with van der Waals surface area (Å²) in [5.74, 6) is -0.163. The number of nitro groups is 1. The maximum atomic E-state index is 13.2. The van der Waals surface area contributed by atoms with Crippen LogP contribution < -0.4 is 5.32 Å². The van der Waals surface area contributed by atoms with Crippen LogP contribution in [0.4, 0.5) is 11.4 Å². The number of anilines is 1. The molecular formula is C21H26N4O5S. The maximum absolute atomic E-state index is 13.2. The summed E-state index contributed by atoms with van der Waals surface area (Å²) in [5, 5.41) is 13.9. The van der Waals surface area contributed by atoms with Gasteiger partial charge in [-0.05, 0) is 38.5 Å². The van der Waals surface area contributed by atoms with Crippen molar-refractivity contribution in [3.05, 3.63) is 64.2 Å². The minimum Gasteiger partial charge on any atom is -0.325 e. The Labute approximate surface area is 181 Å². The SMILES string of the molecule is Cc1ccccc1NC(=O)CN1CC(C)N(S(=O)(=O)c2cccc([N+](=O)[O-])c2)C(C)C1. The normalized spacial score (nSPS) is 20.4. The molecule has 1 heterocycles. The zero-order valence-electron chi connectivity index (χ0n) is 17.7. The van der Waals surface area contributed by atoms with Crippen LogP contribution >= 0.6 is 0 Å². The predicted octanol–water partition coefficient (Wildman–Crippen LogP) is 2.63. The fraction of sp³-hybridized carbons (Fsp3) is 0.381. The van der Waals surface area contributed by atoms with Crippen LogP contribution in [-0.2, 0) is 14.8 Å². The first-order chi connectivity index (χ1) is 14.6. The second-order valence-electron chi connectivity index (χ2n) is 7.84. The Morgan fingerprint density at radius 1 is 1.13 bits per heavy atom. The Kier molecular flexibility index (Phi) is 6.73. The van der Waals surface area contributed by atoms with Crippen molar-refractivity contribution in [3.8, 4) is 0 Å². The molecule has 2 atom stereocenters. The molecule has 0 aromatic heterocycles. The van der Waals surface area contributed by atoms with Gasteiger partial charge in [0.25, 0.3) is 5.69 Å². The number of carbonyl (C=O) groups excluding carboxylic acids is 1. The number of para-hydroxylation sites is 1. The number of hydrogen-bond donors (Lipinski definition) is 1. The van der Waals surface area contributed by atoms with Crippen LogP contribution in [0.2, 0.25) is 0 Å². The first-order valence-electron chi connectivity index (χ1n) is 9.95. The molecule has 0 saturated carbocycles. The second kappa shape index (κ2) is 9.13. The largest absolute Gasteiger partial charge is 0.325 e. The van der Waals surface area contributed by atoms with Crippen LogP contribution in [0.3, 0.4) is 0 Å². The highest BCUT2D eigenvalue weighted by atomic mass is 32.2. The number of carbonyl (C=O) groups is 1. The average Bonchev–Trinajstić information content (AvgIpc) is 2.69. The van der Waals surface area contributed by atoms with E-state index in [0.29, 0.717) is 13.1 Å². The first-order valence-corrected chi connectivity index (χ1v) is 11.4. The van der Waals surface area contributed by atoms with Crippen LogP contribution in [0.15, 0.2) is 53.4 Å². The zero-order valence-corrected chi connectivity index (χ0v) is 18.5. The van der Waals surface area contributed by atoms with Gasteiger partial charge in [-0.1, -0.05) is 24.3 Å². The molecule has 0 radical (unpaired) electrons. The van der Waals surface area contributed by atoms with Crippen LogP contribution in [0.1, 0.15) is 19.4 Å². The number of aryl methyl sites for hydroxylation is 1. The molecule has 166 valence electrons. The number of non-ortho nitro benzene ring substituents is 1. The lowest BCUT2D eigenvalue weighted by Gasteiger charge is -2.43. The predicted molar refractivity (Wildman–Crippen MR) is 117 cm³/mol. The number of piperazine rings is 1. The summed E-state index contributed by atoms with van der Waals surface area (Å²) in [4.78, 5) is 24.7. The van der Waals surface area contributed by atoms with E-state index in [2.05, 4.69) is 5.32 Å². The topological polar surface area (TPSA) is 113 Å². The van der Waals surface area contributed by atoms with Gasteiger partial charge >= 0.3 is 0 Å². The van der Waals surface area contributed by atoms with Crippen LogP contribution in [0.25, 0.3) is 0 Å². The minimum atomic E-state index is -3.92. The molecule has 0 spiro atoms. The minimum absolute atomic E-state index is 0.105. The van der Waals surface area contributed by atoms with E-state index in [1.807, 2.05) is 36.1 Å². The van der Waals surface area contributed by atoms with E-state index >= 15 is 0 Å². The Balaban J connectivity index is 1.71. The molecule has 1 amide bonds. The van der Waals surface area contributed by atoms with Crippen molar-refractivity contribution >= 4 is 27.3 Å². The molecule has 1 aliphatic heterocycles. The third kappa shape index (κ3) is 5.09. The highest BCUT2D eigenvalue weighted by molar-refractivity contribution is 7.89. The molecule has 1 aliphatic rings. The van der Waals surface area contributed by atoms with Crippen molar-refractivity contribution in [2.45, 2.75) is 37.8 Å². The number of nitrogens with one attached hydrogen (secondary N) is 1. The molecule has 2 aromatic carbocycles. The first kappa shape index (κ1) is 22.9. The average molecular weight is 447 g/mol. The van der Waals surface area contributed by atoms with Gasteiger partial charge in [0.2, 0.25) is 15.9 Å². The second-order valence-corrected chi connectivity index (χ2v) is 9.69. The Hall–Kier alpha value is -2.82. The molecule has 2 aromatic rings.